The molecule has 2 aromatic carbocycles. The number of carbonyl (C=O) groups excluding carboxylic acids is 1. The molecule has 31 heavy (non-hydrogen) atoms. The molecule has 0 saturated heterocycles. The number of hydrogen-bond acceptors (Lipinski definition) is 5. The minimum Gasteiger partial charge on any atom is -0.496 e. The first-order valence-electron chi connectivity index (χ1n) is 9.91. The summed E-state index contributed by atoms with van der Waals surface area (Å²) in [5.74, 6) is 0.533. The Morgan fingerprint density at radius 3 is 2.71 bits per heavy atom. The van der Waals surface area contributed by atoms with Gasteiger partial charge in [0.25, 0.3) is 5.91 Å². The number of amides is 1. The average molecular weight is 453 g/mol. The lowest BCUT2D eigenvalue weighted by Crippen LogP contribution is -2.30. The lowest BCUT2D eigenvalue weighted by atomic mass is 9.85. The van der Waals surface area contributed by atoms with Gasteiger partial charge in [0.1, 0.15) is 5.75 Å². The predicted octanol–water partition coefficient (Wildman–Crippen LogP) is 5.73. The number of anilines is 1. The van der Waals surface area contributed by atoms with E-state index in [1.165, 1.54) is 11.3 Å². The van der Waals surface area contributed by atoms with E-state index in [1.807, 2.05) is 36.4 Å². The summed E-state index contributed by atoms with van der Waals surface area (Å²) in [7, 11) is 1.64. The van der Waals surface area contributed by atoms with Gasteiger partial charge in [0.05, 0.1) is 23.4 Å². The third-order valence-corrected chi connectivity index (χ3v) is 6.74. The molecule has 0 aliphatic carbocycles. The van der Waals surface area contributed by atoms with Crippen LogP contribution in [0, 0.1) is 0 Å². The smallest absolute Gasteiger partial charge is 0.281 e. The Bertz CT molecular complexity index is 1320. The molecule has 1 aliphatic rings. The first-order chi connectivity index (χ1) is 14.8. The monoisotopic (exact) mass is 452 g/mol. The fourth-order valence-electron chi connectivity index (χ4n) is 4.09. The quantitative estimate of drug-likeness (QED) is 0.431. The van der Waals surface area contributed by atoms with Crippen LogP contribution in [-0.4, -0.2) is 28.2 Å². The van der Waals surface area contributed by atoms with Crippen molar-refractivity contribution in [2.24, 2.45) is 0 Å². The predicted molar refractivity (Wildman–Crippen MR) is 124 cm³/mol. The van der Waals surface area contributed by atoms with Crippen LogP contribution in [0.15, 0.2) is 42.5 Å². The molecular weight excluding hydrogens is 432 g/mol. The molecule has 0 bridgehead atoms. The SMILES string of the molecule is COc1ccccc1[C@H]1c2c(n[nH]c2C(C)(C)C)C(=O)N1c1nc2ccc(Cl)cc2s1. The van der Waals surface area contributed by atoms with Crippen LogP contribution >= 0.6 is 22.9 Å². The van der Waals surface area contributed by atoms with Crippen molar-refractivity contribution in [3.05, 3.63) is 70.0 Å². The Kier molecular flexibility index (Phi) is 4.57. The number of H-pyrrole nitrogens is 1. The van der Waals surface area contributed by atoms with Crippen molar-refractivity contribution in [2.75, 3.05) is 12.0 Å². The maximum atomic E-state index is 13.6. The Hall–Kier alpha value is -2.90. The van der Waals surface area contributed by atoms with Gasteiger partial charge in [-0.3, -0.25) is 14.8 Å². The van der Waals surface area contributed by atoms with Gasteiger partial charge in [0, 0.05) is 27.3 Å². The molecule has 0 radical (unpaired) electrons. The number of para-hydroxylation sites is 1. The lowest BCUT2D eigenvalue weighted by Gasteiger charge is -2.27. The van der Waals surface area contributed by atoms with E-state index in [4.69, 9.17) is 21.3 Å². The van der Waals surface area contributed by atoms with Gasteiger partial charge in [-0.25, -0.2) is 4.98 Å². The van der Waals surface area contributed by atoms with Crippen LogP contribution in [0.1, 0.15) is 54.1 Å². The molecule has 0 unspecified atom stereocenters. The van der Waals surface area contributed by atoms with Crippen molar-refractivity contribution in [1.29, 1.82) is 0 Å². The summed E-state index contributed by atoms with van der Waals surface area (Å²) >= 11 is 7.62. The Morgan fingerprint density at radius 1 is 1.19 bits per heavy atom. The molecule has 1 atom stereocenters. The number of aromatic nitrogens is 3. The molecule has 3 heterocycles. The molecule has 4 aromatic rings. The van der Waals surface area contributed by atoms with E-state index < -0.39 is 6.04 Å². The van der Waals surface area contributed by atoms with Gasteiger partial charge in [-0.15, -0.1) is 0 Å². The number of methoxy groups -OCH3 is 1. The second-order valence-electron chi connectivity index (χ2n) is 8.54. The Morgan fingerprint density at radius 2 is 1.97 bits per heavy atom. The van der Waals surface area contributed by atoms with E-state index in [2.05, 4.69) is 31.0 Å². The van der Waals surface area contributed by atoms with Crippen molar-refractivity contribution >= 4 is 44.2 Å². The van der Waals surface area contributed by atoms with Crippen molar-refractivity contribution in [2.45, 2.75) is 32.2 Å². The number of ether oxygens (including phenoxy) is 1. The average Bonchev–Trinajstić information content (AvgIpc) is 3.40. The zero-order valence-corrected chi connectivity index (χ0v) is 19.1. The van der Waals surface area contributed by atoms with E-state index in [0.29, 0.717) is 21.6 Å². The Balaban J connectivity index is 1.76. The number of thiazole rings is 1. The van der Waals surface area contributed by atoms with Crippen LogP contribution in [0.2, 0.25) is 5.02 Å². The second kappa shape index (κ2) is 7.07. The topological polar surface area (TPSA) is 71.1 Å². The van der Waals surface area contributed by atoms with Gasteiger partial charge in [-0.05, 0) is 24.3 Å². The highest BCUT2D eigenvalue weighted by atomic mass is 35.5. The number of nitrogens with zero attached hydrogens (tertiary/aromatic N) is 3. The summed E-state index contributed by atoms with van der Waals surface area (Å²) < 4.78 is 6.59. The molecule has 6 nitrogen and oxygen atoms in total. The second-order valence-corrected chi connectivity index (χ2v) is 9.98. The van der Waals surface area contributed by atoms with E-state index in [0.717, 1.165) is 27.0 Å². The molecule has 8 heteroatoms. The third-order valence-electron chi connectivity index (χ3n) is 5.49. The molecule has 158 valence electrons. The zero-order valence-electron chi connectivity index (χ0n) is 17.6. The highest BCUT2D eigenvalue weighted by Crippen LogP contribution is 2.48. The molecule has 0 spiro atoms. The van der Waals surface area contributed by atoms with Gasteiger partial charge in [-0.2, -0.15) is 5.10 Å². The van der Waals surface area contributed by atoms with Crippen LogP contribution < -0.4 is 9.64 Å². The summed E-state index contributed by atoms with van der Waals surface area (Å²) in [5, 5.41) is 8.78. The van der Waals surface area contributed by atoms with Crippen molar-refractivity contribution in [3.63, 3.8) is 0 Å². The number of benzene rings is 2. The molecule has 0 fully saturated rings. The zero-order chi connectivity index (χ0) is 21.9. The molecule has 5 rings (SSSR count). The van der Waals surface area contributed by atoms with Crippen molar-refractivity contribution < 1.29 is 9.53 Å². The van der Waals surface area contributed by atoms with Crippen molar-refractivity contribution in [1.82, 2.24) is 15.2 Å². The minimum absolute atomic E-state index is 0.178. The normalized spacial score (nSPS) is 16.2. The fourth-order valence-corrected chi connectivity index (χ4v) is 5.35. The highest BCUT2D eigenvalue weighted by molar-refractivity contribution is 7.22. The van der Waals surface area contributed by atoms with Crippen molar-refractivity contribution in [3.8, 4) is 5.75 Å². The van der Waals surface area contributed by atoms with Gasteiger partial charge in [-0.1, -0.05) is 61.9 Å². The summed E-state index contributed by atoms with van der Waals surface area (Å²) in [4.78, 5) is 20.1. The van der Waals surface area contributed by atoms with E-state index >= 15 is 0 Å². The van der Waals surface area contributed by atoms with Crippen LogP contribution in [0.25, 0.3) is 10.2 Å². The van der Waals surface area contributed by atoms with Crippen LogP contribution in [-0.2, 0) is 5.41 Å². The number of rotatable bonds is 3. The first kappa shape index (κ1) is 20.0. The molecule has 0 saturated carbocycles. The standard InChI is InChI=1S/C23H21ClN4O2S/c1-23(2,3)20-17-18(26-27-20)21(29)28(19(17)13-7-5-6-8-15(13)30-4)22-25-14-10-9-12(24)11-16(14)31-22/h5-11,19H,1-4H3,(H,26,27)/t19-/m0/s1. The number of carbonyl (C=O) groups is 1. The lowest BCUT2D eigenvalue weighted by molar-refractivity contribution is 0.0988. The summed E-state index contributed by atoms with van der Waals surface area (Å²) in [5.41, 5.74) is 3.70. The van der Waals surface area contributed by atoms with E-state index in [9.17, 15) is 4.79 Å². The van der Waals surface area contributed by atoms with Gasteiger partial charge >= 0.3 is 0 Å². The maximum Gasteiger partial charge on any atom is 0.281 e. The van der Waals surface area contributed by atoms with Crippen LogP contribution in [0.4, 0.5) is 5.13 Å². The number of fused-ring (bicyclic) bond motifs is 2. The largest absolute Gasteiger partial charge is 0.496 e. The third kappa shape index (κ3) is 3.11. The molecular formula is C23H21ClN4O2S. The fraction of sp³-hybridized carbons (Fsp3) is 0.261. The first-order valence-corrected chi connectivity index (χ1v) is 11.1. The van der Waals surface area contributed by atoms with Gasteiger partial charge < -0.3 is 4.74 Å². The molecule has 1 N–H and O–H groups in total. The van der Waals surface area contributed by atoms with E-state index in [1.54, 1.807) is 18.1 Å². The molecule has 1 aliphatic heterocycles. The molecule has 1 amide bonds. The number of hydrogen-bond donors (Lipinski definition) is 1. The number of halogens is 1. The molecule has 2 aromatic heterocycles. The van der Waals surface area contributed by atoms with Gasteiger partial charge in [0.2, 0.25) is 0 Å². The van der Waals surface area contributed by atoms with Gasteiger partial charge in [0.15, 0.2) is 10.8 Å². The number of nitrogens with one attached hydrogen (secondary N) is 1. The van der Waals surface area contributed by atoms with Crippen LogP contribution in [0.5, 0.6) is 5.75 Å². The minimum atomic E-state index is -0.400. The number of aromatic amines is 1. The van der Waals surface area contributed by atoms with Crippen LogP contribution in [0.3, 0.4) is 0 Å². The van der Waals surface area contributed by atoms with E-state index in [-0.39, 0.29) is 11.3 Å². The summed E-state index contributed by atoms with van der Waals surface area (Å²) in [6.07, 6.45) is 0. The summed E-state index contributed by atoms with van der Waals surface area (Å²) in [6, 6.07) is 12.9. The Labute approximate surface area is 188 Å². The highest BCUT2D eigenvalue weighted by Gasteiger charge is 2.46. The maximum absolute atomic E-state index is 13.6. The summed E-state index contributed by atoms with van der Waals surface area (Å²) in [6.45, 7) is 6.31.